The summed E-state index contributed by atoms with van der Waals surface area (Å²) in [4.78, 5) is 70.3. The second-order valence-electron chi connectivity index (χ2n) is 7.47. The van der Waals surface area contributed by atoms with E-state index in [0.29, 0.717) is 0 Å². The van der Waals surface area contributed by atoms with Crippen molar-refractivity contribution >= 4 is 35.6 Å². The Morgan fingerprint density at radius 2 is 1.28 bits per heavy atom. The maximum Gasteiger partial charge on any atom is 0.326 e. The van der Waals surface area contributed by atoms with Crippen molar-refractivity contribution in [3.05, 3.63) is 0 Å². The van der Waals surface area contributed by atoms with Crippen molar-refractivity contribution in [2.24, 2.45) is 11.7 Å². The number of aliphatic hydroxyl groups is 1. The maximum atomic E-state index is 12.6. The normalized spacial score (nSPS) is 14.5. The first-order valence-corrected chi connectivity index (χ1v) is 9.72. The monoisotopic (exact) mass is 462 g/mol. The smallest absolute Gasteiger partial charge is 0.326 e. The van der Waals surface area contributed by atoms with Gasteiger partial charge in [-0.2, -0.15) is 0 Å². The Kier molecular flexibility index (Phi) is 12.5. The van der Waals surface area contributed by atoms with E-state index in [-0.39, 0.29) is 12.3 Å². The Bertz CT molecular complexity index is 712. The maximum absolute atomic E-state index is 12.6. The molecule has 0 aliphatic heterocycles. The predicted octanol–water partition coefficient (Wildman–Crippen LogP) is -2.77. The van der Waals surface area contributed by atoms with E-state index in [1.807, 2.05) is 5.32 Å². The molecule has 0 aliphatic carbocycles. The third-order valence-electron chi connectivity index (χ3n) is 4.15. The molecule has 0 aliphatic rings. The van der Waals surface area contributed by atoms with Crippen LogP contribution in [0.1, 0.15) is 39.5 Å². The molecule has 32 heavy (non-hydrogen) atoms. The van der Waals surface area contributed by atoms with Crippen LogP contribution in [0.5, 0.6) is 0 Å². The van der Waals surface area contributed by atoms with E-state index in [0.717, 1.165) is 0 Å². The fourth-order valence-electron chi connectivity index (χ4n) is 2.52. The van der Waals surface area contributed by atoms with E-state index in [2.05, 4.69) is 10.6 Å². The number of nitrogens with two attached hydrogens (primary N) is 1. The molecular formula is C18H30N4O10. The average Bonchev–Trinajstić information content (AvgIpc) is 2.67. The van der Waals surface area contributed by atoms with Crippen LogP contribution >= 0.6 is 0 Å². The van der Waals surface area contributed by atoms with Crippen molar-refractivity contribution in [1.82, 2.24) is 16.0 Å². The molecule has 0 saturated carbocycles. The number of hydrogen-bond acceptors (Lipinski definition) is 8. The molecule has 3 amide bonds. The van der Waals surface area contributed by atoms with Gasteiger partial charge in [-0.05, 0) is 18.8 Å². The van der Waals surface area contributed by atoms with Gasteiger partial charge >= 0.3 is 17.9 Å². The number of carboxylic acid groups (broad SMARTS) is 3. The Morgan fingerprint density at radius 1 is 0.781 bits per heavy atom. The highest BCUT2D eigenvalue weighted by Gasteiger charge is 2.31. The molecule has 0 aromatic carbocycles. The summed E-state index contributed by atoms with van der Waals surface area (Å²) in [7, 11) is 0. The highest BCUT2D eigenvalue weighted by atomic mass is 16.4. The predicted molar refractivity (Wildman–Crippen MR) is 107 cm³/mol. The van der Waals surface area contributed by atoms with Gasteiger partial charge in [-0.25, -0.2) is 4.79 Å². The van der Waals surface area contributed by atoms with Crippen LogP contribution in [0.15, 0.2) is 0 Å². The standard InChI is InChI=1S/C18H30N4O10/c1-8(2)5-12(18(31)32)22-16(29)10(3-4-13(24)25)20-17(30)11(6-14(26)27)21-15(28)9(19)7-23/h8-12,23H,3-7,19H2,1-2H3,(H,20,30)(H,21,28)(H,22,29)(H,24,25)(H,26,27)(H,31,32)/t9-,10-,11-,12-/m0/s1. The Labute approximate surface area is 183 Å². The minimum absolute atomic E-state index is 0.0669. The molecule has 14 nitrogen and oxygen atoms in total. The van der Waals surface area contributed by atoms with E-state index in [4.69, 9.17) is 21.1 Å². The molecule has 0 aromatic rings. The molecule has 9 N–H and O–H groups in total. The summed E-state index contributed by atoms with van der Waals surface area (Å²) in [6.45, 7) is 2.67. The van der Waals surface area contributed by atoms with Gasteiger partial charge in [0.1, 0.15) is 24.2 Å². The van der Waals surface area contributed by atoms with Crippen LogP contribution in [0.25, 0.3) is 0 Å². The first kappa shape index (κ1) is 28.7. The Balaban J connectivity index is 5.55. The topological polar surface area (TPSA) is 245 Å². The van der Waals surface area contributed by atoms with Gasteiger partial charge in [0.2, 0.25) is 17.7 Å². The number of carboxylic acids is 3. The number of nitrogens with one attached hydrogen (secondary N) is 3. The minimum Gasteiger partial charge on any atom is -0.481 e. The fourth-order valence-corrected chi connectivity index (χ4v) is 2.52. The lowest BCUT2D eigenvalue weighted by Gasteiger charge is -2.24. The summed E-state index contributed by atoms with van der Waals surface area (Å²) in [5.74, 6) is -7.34. The van der Waals surface area contributed by atoms with Crippen LogP contribution in [0, 0.1) is 5.92 Å². The van der Waals surface area contributed by atoms with Crippen LogP contribution < -0.4 is 21.7 Å². The number of aliphatic carboxylic acids is 3. The summed E-state index contributed by atoms with van der Waals surface area (Å²) in [5, 5.41) is 42.5. The van der Waals surface area contributed by atoms with Gasteiger partial charge in [-0.1, -0.05) is 13.8 Å². The van der Waals surface area contributed by atoms with Gasteiger partial charge in [0.15, 0.2) is 0 Å². The number of rotatable bonds is 15. The van der Waals surface area contributed by atoms with Gasteiger partial charge in [0.05, 0.1) is 13.0 Å². The molecule has 0 heterocycles. The molecule has 0 radical (unpaired) electrons. The van der Waals surface area contributed by atoms with Crippen LogP contribution in [0.2, 0.25) is 0 Å². The van der Waals surface area contributed by atoms with Crippen molar-refractivity contribution in [2.45, 2.75) is 63.7 Å². The average molecular weight is 462 g/mol. The molecule has 0 unspecified atom stereocenters. The SMILES string of the molecule is CC(C)C[C@H](NC(=O)[C@H](CCC(=O)O)NC(=O)[C@H](CC(=O)O)NC(=O)[C@@H](N)CO)C(=O)O. The number of aliphatic hydroxyl groups excluding tert-OH is 1. The third kappa shape index (κ3) is 11.2. The van der Waals surface area contributed by atoms with E-state index < -0.39 is 85.7 Å². The fraction of sp³-hybridized carbons (Fsp3) is 0.667. The Hall–Kier alpha value is -3.26. The van der Waals surface area contributed by atoms with Crippen molar-refractivity contribution in [1.29, 1.82) is 0 Å². The first-order valence-electron chi connectivity index (χ1n) is 9.72. The first-order chi connectivity index (χ1) is 14.8. The number of hydrogen-bond donors (Lipinski definition) is 8. The van der Waals surface area contributed by atoms with Crippen molar-refractivity contribution in [3.63, 3.8) is 0 Å². The highest BCUT2D eigenvalue weighted by Crippen LogP contribution is 2.07. The molecular weight excluding hydrogens is 432 g/mol. The number of carbonyl (C=O) groups excluding carboxylic acids is 3. The van der Waals surface area contributed by atoms with Gasteiger partial charge in [-0.15, -0.1) is 0 Å². The molecule has 0 bridgehead atoms. The number of amides is 3. The second kappa shape index (κ2) is 13.9. The van der Waals surface area contributed by atoms with E-state index in [9.17, 15) is 33.9 Å². The van der Waals surface area contributed by atoms with Crippen LogP contribution in [-0.4, -0.2) is 86.8 Å². The van der Waals surface area contributed by atoms with E-state index >= 15 is 0 Å². The van der Waals surface area contributed by atoms with Crippen LogP contribution in [0.3, 0.4) is 0 Å². The zero-order valence-electron chi connectivity index (χ0n) is 17.7. The molecule has 182 valence electrons. The van der Waals surface area contributed by atoms with Crippen molar-refractivity contribution in [3.8, 4) is 0 Å². The molecule has 0 rings (SSSR count). The summed E-state index contributed by atoms with van der Waals surface area (Å²) in [6.07, 6.45) is -1.82. The zero-order valence-corrected chi connectivity index (χ0v) is 17.7. The third-order valence-corrected chi connectivity index (χ3v) is 4.15. The van der Waals surface area contributed by atoms with Gasteiger partial charge in [-0.3, -0.25) is 24.0 Å². The molecule has 14 heteroatoms. The van der Waals surface area contributed by atoms with Gasteiger partial charge in [0.25, 0.3) is 0 Å². The summed E-state index contributed by atoms with van der Waals surface area (Å²) in [6, 6.07) is -5.95. The molecule has 0 aromatic heterocycles. The van der Waals surface area contributed by atoms with Crippen molar-refractivity contribution < 1.29 is 49.2 Å². The highest BCUT2D eigenvalue weighted by molar-refractivity contribution is 5.95. The quantitative estimate of drug-likeness (QED) is 0.124. The Morgan fingerprint density at radius 3 is 1.72 bits per heavy atom. The van der Waals surface area contributed by atoms with Gasteiger partial charge in [0, 0.05) is 6.42 Å². The van der Waals surface area contributed by atoms with Gasteiger partial charge < -0.3 is 42.1 Å². The second-order valence-corrected chi connectivity index (χ2v) is 7.47. The molecule has 0 fully saturated rings. The minimum atomic E-state index is -1.69. The molecule has 4 atom stereocenters. The zero-order chi connectivity index (χ0) is 25.0. The van der Waals surface area contributed by atoms with Crippen molar-refractivity contribution in [2.75, 3.05) is 6.61 Å². The van der Waals surface area contributed by atoms with E-state index in [1.165, 1.54) is 0 Å². The van der Waals surface area contributed by atoms with Crippen LogP contribution in [-0.2, 0) is 28.8 Å². The number of carbonyl (C=O) groups is 6. The molecule has 0 saturated heterocycles. The molecule has 0 spiro atoms. The largest absolute Gasteiger partial charge is 0.481 e. The van der Waals surface area contributed by atoms with E-state index in [1.54, 1.807) is 13.8 Å². The summed E-state index contributed by atoms with van der Waals surface area (Å²) in [5.41, 5.74) is 5.32. The lowest BCUT2D eigenvalue weighted by atomic mass is 10.0. The lowest BCUT2D eigenvalue weighted by Crippen LogP contribution is -2.58. The van der Waals surface area contributed by atoms with Crippen LogP contribution in [0.4, 0.5) is 0 Å². The lowest BCUT2D eigenvalue weighted by molar-refractivity contribution is -0.144. The summed E-state index contributed by atoms with van der Waals surface area (Å²) >= 11 is 0. The summed E-state index contributed by atoms with van der Waals surface area (Å²) < 4.78 is 0.